The van der Waals surface area contributed by atoms with Gasteiger partial charge in [-0.2, -0.15) is 0 Å². The largest absolute Gasteiger partial charge is 0.299 e. The number of benzene rings is 1. The molecule has 3 nitrogen and oxygen atoms in total. The zero-order chi connectivity index (χ0) is 13.5. The van der Waals surface area contributed by atoms with Crippen LogP contribution in [0.1, 0.15) is 31.0 Å². The second-order valence-corrected chi connectivity index (χ2v) is 5.61. The predicted molar refractivity (Wildman–Crippen MR) is 80.0 cm³/mol. The van der Waals surface area contributed by atoms with E-state index >= 15 is 0 Å². The molecular weight excluding hydrogens is 270 g/mol. The van der Waals surface area contributed by atoms with E-state index in [1.54, 1.807) is 6.20 Å². The molecule has 0 bridgehead atoms. The summed E-state index contributed by atoms with van der Waals surface area (Å²) in [5, 5.41) is 0.518. The second kappa shape index (κ2) is 4.60. The average Bonchev–Trinajstić information content (AvgIpc) is 2.79. The zero-order valence-corrected chi connectivity index (χ0v) is 11.7. The Hall–Kier alpha value is -1.87. The highest BCUT2D eigenvalue weighted by atomic mass is 35.5. The van der Waals surface area contributed by atoms with Gasteiger partial charge in [-0.3, -0.25) is 4.40 Å². The molecule has 4 rings (SSSR count). The minimum Gasteiger partial charge on any atom is -0.299 e. The number of imidazole rings is 1. The molecule has 0 radical (unpaired) electrons. The SMILES string of the molecule is Clc1nccn2c(C3CCC3)nc(-c3ccccc3)c12. The average molecular weight is 284 g/mol. The smallest absolute Gasteiger partial charge is 0.155 e. The second-order valence-electron chi connectivity index (χ2n) is 5.25. The Labute approximate surface area is 122 Å². The fourth-order valence-corrected chi connectivity index (χ4v) is 3.01. The van der Waals surface area contributed by atoms with Gasteiger partial charge in [-0.25, -0.2) is 9.97 Å². The maximum Gasteiger partial charge on any atom is 0.155 e. The molecule has 20 heavy (non-hydrogen) atoms. The summed E-state index contributed by atoms with van der Waals surface area (Å²) in [7, 11) is 0. The first kappa shape index (κ1) is 11.9. The Balaban J connectivity index is 2.01. The van der Waals surface area contributed by atoms with Gasteiger partial charge in [0.1, 0.15) is 11.3 Å². The Morgan fingerprint density at radius 3 is 2.65 bits per heavy atom. The minimum atomic E-state index is 0.518. The number of halogens is 1. The molecule has 0 amide bonds. The molecule has 1 saturated carbocycles. The summed E-state index contributed by atoms with van der Waals surface area (Å²) in [6.07, 6.45) is 7.43. The Morgan fingerprint density at radius 1 is 1.15 bits per heavy atom. The standard InChI is InChI=1S/C16H14ClN3/c17-15-14-13(11-5-2-1-3-6-11)19-16(12-7-4-8-12)20(14)10-9-18-15/h1-3,5-6,9-10,12H,4,7-8H2. The van der Waals surface area contributed by atoms with Crippen molar-refractivity contribution in [1.29, 1.82) is 0 Å². The topological polar surface area (TPSA) is 30.2 Å². The van der Waals surface area contributed by atoms with E-state index in [-0.39, 0.29) is 0 Å². The van der Waals surface area contributed by atoms with Gasteiger partial charge < -0.3 is 0 Å². The first-order chi connectivity index (χ1) is 9.84. The van der Waals surface area contributed by atoms with E-state index in [2.05, 4.69) is 21.5 Å². The van der Waals surface area contributed by atoms with Crippen LogP contribution in [-0.4, -0.2) is 14.4 Å². The molecule has 1 aromatic carbocycles. The lowest BCUT2D eigenvalue weighted by atomic mass is 9.85. The number of rotatable bonds is 2. The molecule has 2 aromatic heterocycles. The van der Waals surface area contributed by atoms with Crippen molar-refractivity contribution in [3.63, 3.8) is 0 Å². The van der Waals surface area contributed by atoms with Crippen molar-refractivity contribution in [2.75, 3.05) is 0 Å². The van der Waals surface area contributed by atoms with E-state index in [1.807, 2.05) is 24.4 Å². The molecule has 2 heterocycles. The molecule has 100 valence electrons. The molecule has 3 aromatic rings. The van der Waals surface area contributed by atoms with Crippen LogP contribution in [0.5, 0.6) is 0 Å². The van der Waals surface area contributed by atoms with Gasteiger partial charge in [0.15, 0.2) is 5.15 Å². The first-order valence-corrected chi connectivity index (χ1v) is 7.30. The zero-order valence-electron chi connectivity index (χ0n) is 11.0. The van der Waals surface area contributed by atoms with Gasteiger partial charge in [-0.05, 0) is 12.8 Å². The third-order valence-electron chi connectivity index (χ3n) is 4.05. The molecule has 0 N–H and O–H groups in total. The molecule has 0 aliphatic heterocycles. The summed E-state index contributed by atoms with van der Waals surface area (Å²) >= 11 is 6.32. The number of aromatic nitrogens is 3. The van der Waals surface area contributed by atoms with Gasteiger partial charge in [-0.1, -0.05) is 48.4 Å². The van der Waals surface area contributed by atoms with Crippen LogP contribution in [0.15, 0.2) is 42.7 Å². The van der Waals surface area contributed by atoms with Crippen LogP contribution in [0.2, 0.25) is 5.15 Å². The maximum atomic E-state index is 6.32. The Morgan fingerprint density at radius 2 is 1.95 bits per heavy atom. The van der Waals surface area contributed by atoms with Crippen molar-refractivity contribution in [3.05, 3.63) is 53.7 Å². The van der Waals surface area contributed by atoms with E-state index < -0.39 is 0 Å². The molecule has 1 fully saturated rings. The quantitative estimate of drug-likeness (QED) is 0.701. The summed E-state index contributed by atoms with van der Waals surface area (Å²) < 4.78 is 2.11. The Bertz CT molecular complexity index is 760. The van der Waals surface area contributed by atoms with E-state index in [4.69, 9.17) is 16.6 Å². The first-order valence-electron chi connectivity index (χ1n) is 6.92. The van der Waals surface area contributed by atoms with Gasteiger partial charge in [-0.15, -0.1) is 0 Å². The molecule has 0 spiro atoms. The van der Waals surface area contributed by atoms with Crippen molar-refractivity contribution in [3.8, 4) is 11.3 Å². The third kappa shape index (κ3) is 1.74. The number of hydrogen-bond acceptors (Lipinski definition) is 2. The van der Waals surface area contributed by atoms with Gasteiger partial charge in [0, 0.05) is 23.9 Å². The fraction of sp³-hybridized carbons (Fsp3) is 0.250. The summed E-state index contributed by atoms with van der Waals surface area (Å²) in [5.41, 5.74) is 2.94. The minimum absolute atomic E-state index is 0.518. The van der Waals surface area contributed by atoms with E-state index in [0.29, 0.717) is 11.1 Å². The molecular formula is C16H14ClN3. The third-order valence-corrected chi connectivity index (χ3v) is 4.33. The van der Waals surface area contributed by atoms with Crippen LogP contribution in [0.25, 0.3) is 16.8 Å². The molecule has 1 aliphatic rings. The fourth-order valence-electron chi connectivity index (χ4n) is 2.78. The van der Waals surface area contributed by atoms with Crippen molar-refractivity contribution in [2.45, 2.75) is 25.2 Å². The predicted octanol–water partition coefficient (Wildman–Crippen LogP) is 4.32. The maximum absolute atomic E-state index is 6.32. The molecule has 0 atom stereocenters. The van der Waals surface area contributed by atoms with E-state index in [9.17, 15) is 0 Å². The summed E-state index contributed by atoms with van der Waals surface area (Å²) in [5.74, 6) is 1.67. The van der Waals surface area contributed by atoms with Crippen LogP contribution in [-0.2, 0) is 0 Å². The van der Waals surface area contributed by atoms with E-state index in [0.717, 1.165) is 22.6 Å². The summed E-state index contributed by atoms with van der Waals surface area (Å²) in [4.78, 5) is 9.10. The number of hydrogen-bond donors (Lipinski definition) is 0. The van der Waals surface area contributed by atoms with Crippen LogP contribution < -0.4 is 0 Å². The lowest BCUT2D eigenvalue weighted by Gasteiger charge is -2.23. The van der Waals surface area contributed by atoms with Crippen LogP contribution >= 0.6 is 11.6 Å². The molecule has 0 saturated heterocycles. The molecule has 1 aliphatic carbocycles. The van der Waals surface area contributed by atoms with Crippen LogP contribution in [0, 0.1) is 0 Å². The van der Waals surface area contributed by atoms with E-state index in [1.165, 1.54) is 19.3 Å². The lowest BCUT2D eigenvalue weighted by molar-refractivity contribution is 0.400. The normalized spacial score (nSPS) is 15.4. The van der Waals surface area contributed by atoms with Crippen molar-refractivity contribution in [1.82, 2.24) is 14.4 Å². The molecule has 0 unspecified atom stereocenters. The number of nitrogens with zero attached hydrogens (tertiary/aromatic N) is 3. The van der Waals surface area contributed by atoms with Crippen LogP contribution in [0.3, 0.4) is 0 Å². The van der Waals surface area contributed by atoms with Gasteiger partial charge in [0.2, 0.25) is 0 Å². The lowest BCUT2D eigenvalue weighted by Crippen LogP contribution is -2.12. The van der Waals surface area contributed by atoms with Crippen LogP contribution in [0.4, 0.5) is 0 Å². The van der Waals surface area contributed by atoms with Crippen molar-refractivity contribution in [2.24, 2.45) is 0 Å². The highest BCUT2D eigenvalue weighted by molar-refractivity contribution is 6.33. The summed E-state index contributed by atoms with van der Waals surface area (Å²) in [6, 6.07) is 10.2. The summed E-state index contributed by atoms with van der Waals surface area (Å²) in [6.45, 7) is 0. The van der Waals surface area contributed by atoms with Crippen molar-refractivity contribution < 1.29 is 0 Å². The van der Waals surface area contributed by atoms with Gasteiger partial charge in [0.25, 0.3) is 0 Å². The highest BCUT2D eigenvalue weighted by Gasteiger charge is 2.26. The highest BCUT2D eigenvalue weighted by Crippen LogP contribution is 2.39. The van der Waals surface area contributed by atoms with Gasteiger partial charge >= 0.3 is 0 Å². The monoisotopic (exact) mass is 283 g/mol. The van der Waals surface area contributed by atoms with Gasteiger partial charge in [0.05, 0.1) is 5.69 Å². The Kier molecular flexibility index (Phi) is 2.74. The molecule has 4 heteroatoms. The van der Waals surface area contributed by atoms with Crippen molar-refractivity contribution >= 4 is 17.1 Å². The number of fused-ring (bicyclic) bond motifs is 1.